The predicted octanol–water partition coefficient (Wildman–Crippen LogP) is 11.3. The molecule has 11 aromatic rings. The molecule has 63 heavy (non-hydrogen) atoms. The third kappa shape index (κ3) is 5.72. The second-order valence-corrected chi connectivity index (χ2v) is 15.6. The van der Waals surface area contributed by atoms with Gasteiger partial charge in [-0.25, -0.2) is 4.98 Å². The predicted molar refractivity (Wildman–Crippen MR) is 248 cm³/mol. The Bertz CT molecular complexity index is 3550. The zero-order chi connectivity index (χ0) is 40.7. The summed E-state index contributed by atoms with van der Waals surface area (Å²) < 4.78 is 13.3. The molecule has 9 heteroatoms. The van der Waals surface area contributed by atoms with Crippen molar-refractivity contribution >= 4 is 68.2 Å². The molecule has 2 aliphatic rings. The Morgan fingerprint density at radius 1 is 0.540 bits per heavy atom. The maximum absolute atomic E-state index is 6.69. The van der Waals surface area contributed by atoms with E-state index in [1.807, 2.05) is 36.5 Å². The molecule has 0 aliphatic carbocycles. The van der Waals surface area contributed by atoms with Gasteiger partial charge in [0, 0.05) is 66.5 Å². The van der Waals surface area contributed by atoms with Gasteiger partial charge in [-0.1, -0.05) is 127 Å². The number of pyridine rings is 1. The van der Waals surface area contributed by atoms with Crippen molar-refractivity contribution < 1.29 is 30.4 Å². The number of fused-ring (bicyclic) bond motifs is 12. The summed E-state index contributed by atoms with van der Waals surface area (Å²) in [6.45, 7) is -0.156. The Kier molecular flexibility index (Phi) is 8.70. The van der Waals surface area contributed by atoms with Crippen LogP contribution in [-0.4, -0.2) is 21.1 Å². The van der Waals surface area contributed by atoms with E-state index < -0.39 is 0 Å². The van der Waals surface area contributed by atoms with Gasteiger partial charge in [-0.05, 0) is 65.2 Å². The van der Waals surface area contributed by atoms with Crippen molar-refractivity contribution in [3.05, 3.63) is 219 Å². The van der Waals surface area contributed by atoms with Gasteiger partial charge in [-0.15, -0.1) is 30.3 Å². The van der Waals surface area contributed by atoms with E-state index in [1.54, 1.807) is 0 Å². The van der Waals surface area contributed by atoms with E-state index in [9.17, 15) is 0 Å². The topological polar surface area (TPSA) is 42.3 Å². The first-order valence-corrected chi connectivity index (χ1v) is 20.8. The maximum atomic E-state index is 6.69. The quantitative estimate of drug-likeness (QED) is 0.0946. The Morgan fingerprint density at radius 2 is 1.24 bits per heavy atom. The Labute approximate surface area is 378 Å². The van der Waals surface area contributed by atoms with Crippen LogP contribution in [0.4, 0.5) is 22.9 Å². The molecule has 0 fully saturated rings. The first kappa shape index (κ1) is 37.1. The molecule has 300 valence electrons. The van der Waals surface area contributed by atoms with Crippen LogP contribution in [0.5, 0.6) is 11.5 Å². The van der Waals surface area contributed by atoms with Gasteiger partial charge in [0.05, 0.1) is 27.8 Å². The van der Waals surface area contributed by atoms with Crippen LogP contribution < -0.4 is 24.4 Å². The Balaban J connectivity index is 0.00000421. The van der Waals surface area contributed by atoms with Gasteiger partial charge < -0.3 is 23.5 Å². The summed E-state index contributed by atoms with van der Waals surface area (Å²) in [5, 5.41) is 2.38. The van der Waals surface area contributed by atoms with Crippen LogP contribution in [0.1, 0.15) is 0 Å². The number of hydrogen-bond donors (Lipinski definition) is 0. The number of aromatic nitrogens is 4. The van der Waals surface area contributed by atoms with Gasteiger partial charge in [0.2, 0.25) is 0 Å². The van der Waals surface area contributed by atoms with Crippen molar-refractivity contribution in [1.82, 2.24) is 14.1 Å². The van der Waals surface area contributed by atoms with Crippen LogP contribution in [-0.2, 0) is 21.1 Å². The first-order valence-electron chi connectivity index (χ1n) is 20.8. The van der Waals surface area contributed by atoms with Gasteiger partial charge in [0.25, 0.3) is 6.33 Å². The van der Waals surface area contributed by atoms with E-state index in [0.29, 0.717) is 11.5 Å². The molecule has 13 rings (SSSR count). The van der Waals surface area contributed by atoms with Gasteiger partial charge in [0.1, 0.15) is 5.82 Å². The SMILES string of the molecule is [Pt].[c-]1c(Oc2[c-]c3c(cc2)N(c2ccccc2)B2c4ccccc4-c4cccnc4N23)cccc1-n1[c-][n+](-c2cccc3c4ccccc4n(-c4ccccc4)c23)c2ccccc21. The molecule has 0 N–H and O–H groups in total. The number of benzene rings is 8. The molecule has 8 aromatic carbocycles. The Hall–Kier alpha value is -7.67. The summed E-state index contributed by atoms with van der Waals surface area (Å²) in [7, 11) is 0. The van der Waals surface area contributed by atoms with Crippen molar-refractivity contribution in [3.8, 4) is 39.7 Å². The third-order valence-corrected chi connectivity index (χ3v) is 12.2. The molecule has 0 spiro atoms. The molecule has 0 saturated carbocycles. The van der Waals surface area contributed by atoms with E-state index in [2.05, 4.69) is 206 Å². The number of para-hydroxylation sites is 6. The molecule has 0 radical (unpaired) electrons. The van der Waals surface area contributed by atoms with Crippen LogP contribution >= 0.6 is 0 Å². The molecule has 0 atom stereocenters. The molecule has 2 aliphatic heterocycles. The smallest absolute Gasteiger partial charge is 0.409 e. The number of imidazole rings is 1. The third-order valence-electron chi connectivity index (χ3n) is 12.2. The normalized spacial score (nSPS) is 12.5. The minimum atomic E-state index is -0.156. The average molecular weight is 988 g/mol. The fraction of sp³-hybridized carbons (Fsp3) is 0. The van der Waals surface area contributed by atoms with Crippen molar-refractivity contribution in [2.45, 2.75) is 0 Å². The standard InChI is InChI=1S/C54H33BN6O.Pt/c1-3-16-37(17-4-1)59-47-27-10-8-23-43(47)44-24-14-30-51(53(44)59)58-36-57(48-28-11-12-29-49(48)58)39-20-13-21-40(34-39)62-41-31-32-50-52(35-41)61-54-45(25-15-33-56-54)42-22-7-9-26-46(42)55(61)60(50)38-18-5-2-6-19-38;/h1-33H;/q-2;. The van der Waals surface area contributed by atoms with Crippen LogP contribution in [0.15, 0.2) is 200 Å². The summed E-state index contributed by atoms with van der Waals surface area (Å²) in [6.07, 6.45) is 5.60. The second-order valence-electron chi connectivity index (χ2n) is 15.6. The van der Waals surface area contributed by atoms with Gasteiger partial charge >= 0.3 is 6.98 Å². The molecule has 0 bridgehead atoms. The minimum Gasteiger partial charge on any atom is -0.510 e. The van der Waals surface area contributed by atoms with Gasteiger partial charge in [-0.2, -0.15) is 12.1 Å². The fourth-order valence-electron chi connectivity index (χ4n) is 9.59. The number of hydrogen-bond acceptors (Lipinski definition) is 4. The fourth-order valence-corrected chi connectivity index (χ4v) is 9.59. The van der Waals surface area contributed by atoms with Gasteiger partial charge in [0.15, 0.2) is 0 Å². The Morgan fingerprint density at radius 3 is 2.11 bits per heavy atom. The van der Waals surface area contributed by atoms with E-state index >= 15 is 0 Å². The second kappa shape index (κ2) is 14.8. The van der Waals surface area contributed by atoms with Crippen LogP contribution in [0.2, 0.25) is 0 Å². The van der Waals surface area contributed by atoms with Crippen LogP contribution in [0.3, 0.4) is 0 Å². The molecule has 7 nitrogen and oxygen atoms in total. The van der Waals surface area contributed by atoms with E-state index in [1.165, 1.54) is 21.8 Å². The monoisotopic (exact) mass is 987 g/mol. The largest absolute Gasteiger partial charge is 0.510 e. The van der Waals surface area contributed by atoms with E-state index in [-0.39, 0.29) is 28.0 Å². The molecule has 0 unspecified atom stereocenters. The number of anilines is 4. The summed E-state index contributed by atoms with van der Waals surface area (Å²) in [5.41, 5.74) is 13.7. The molecular formula is C54H33BN6OPt-2. The molecular weight excluding hydrogens is 955 g/mol. The average Bonchev–Trinajstić information content (AvgIpc) is 4.01. The van der Waals surface area contributed by atoms with E-state index in [4.69, 9.17) is 9.72 Å². The first-order chi connectivity index (χ1) is 30.8. The summed E-state index contributed by atoms with van der Waals surface area (Å²) in [4.78, 5) is 9.64. The van der Waals surface area contributed by atoms with Crippen molar-refractivity contribution in [2.75, 3.05) is 9.62 Å². The number of rotatable bonds is 6. The van der Waals surface area contributed by atoms with Gasteiger partial charge in [-0.3, -0.25) is 4.57 Å². The van der Waals surface area contributed by atoms with Crippen LogP contribution in [0.25, 0.3) is 61.0 Å². The zero-order valence-electron chi connectivity index (χ0n) is 33.5. The summed E-state index contributed by atoms with van der Waals surface area (Å²) >= 11 is 0. The summed E-state index contributed by atoms with van der Waals surface area (Å²) in [6, 6.07) is 74.8. The van der Waals surface area contributed by atoms with Crippen molar-refractivity contribution in [1.29, 1.82) is 0 Å². The van der Waals surface area contributed by atoms with Crippen molar-refractivity contribution in [2.24, 2.45) is 0 Å². The molecule has 5 heterocycles. The molecule has 0 saturated heterocycles. The minimum absolute atomic E-state index is 0. The molecule has 3 aromatic heterocycles. The number of ether oxygens (including phenoxy) is 1. The van der Waals surface area contributed by atoms with E-state index in [0.717, 1.165) is 67.6 Å². The maximum Gasteiger partial charge on any atom is 0.409 e. The van der Waals surface area contributed by atoms with Crippen LogP contribution in [0, 0.1) is 18.5 Å². The summed E-state index contributed by atoms with van der Waals surface area (Å²) in [5.74, 6) is 2.04. The van der Waals surface area contributed by atoms with Crippen molar-refractivity contribution in [3.63, 3.8) is 0 Å². The number of nitrogens with zero attached hydrogens (tertiary/aromatic N) is 6. The zero-order valence-corrected chi connectivity index (χ0v) is 35.8. The molecule has 0 amide bonds.